The van der Waals surface area contributed by atoms with Gasteiger partial charge in [-0.1, -0.05) is 29.8 Å². The highest BCUT2D eigenvalue weighted by molar-refractivity contribution is 5.30. The summed E-state index contributed by atoms with van der Waals surface area (Å²) >= 11 is 0. The van der Waals surface area contributed by atoms with Crippen LogP contribution in [0.25, 0.3) is 0 Å². The Hall–Kier alpha value is -1.74. The van der Waals surface area contributed by atoms with Crippen molar-refractivity contribution in [2.45, 2.75) is 19.9 Å². The average Bonchev–Trinajstić information content (AvgIpc) is 2.28. The van der Waals surface area contributed by atoms with E-state index in [1.165, 1.54) is 5.56 Å². The van der Waals surface area contributed by atoms with Crippen LogP contribution in [-0.2, 0) is 0 Å². The molecule has 0 saturated carbocycles. The monoisotopic (exact) mass is 213 g/mol. The molecule has 0 aliphatic heterocycles. The second kappa shape index (κ2) is 4.41. The number of benzene rings is 1. The third-order valence-electron chi connectivity index (χ3n) is 2.52. The largest absolute Gasteiger partial charge is 0.319 e. The van der Waals surface area contributed by atoms with Crippen molar-refractivity contribution in [1.82, 2.24) is 9.97 Å². The fourth-order valence-electron chi connectivity index (χ4n) is 1.68. The van der Waals surface area contributed by atoms with E-state index in [1.54, 1.807) is 6.20 Å². The number of hydrogen-bond acceptors (Lipinski definition) is 3. The smallest absolute Gasteiger partial charge is 0.125 e. The summed E-state index contributed by atoms with van der Waals surface area (Å²) in [6.45, 7) is 3.92. The molecule has 3 nitrogen and oxygen atoms in total. The van der Waals surface area contributed by atoms with Crippen molar-refractivity contribution in [1.29, 1.82) is 0 Å². The molecule has 0 saturated heterocycles. The van der Waals surface area contributed by atoms with Crippen molar-refractivity contribution in [3.8, 4) is 0 Å². The normalized spacial score (nSPS) is 12.4. The molecule has 2 N–H and O–H groups in total. The lowest BCUT2D eigenvalue weighted by Gasteiger charge is -2.12. The van der Waals surface area contributed by atoms with Gasteiger partial charge >= 0.3 is 0 Å². The molecule has 1 unspecified atom stereocenters. The molecule has 0 radical (unpaired) electrons. The van der Waals surface area contributed by atoms with E-state index in [2.05, 4.69) is 29.0 Å². The first-order valence-corrected chi connectivity index (χ1v) is 5.28. The molecule has 0 aliphatic carbocycles. The van der Waals surface area contributed by atoms with Gasteiger partial charge in [0.05, 0.1) is 11.7 Å². The van der Waals surface area contributed by atoms with Crippen molar-refractivity contribution >= 4 is 0 Å². The van der Waals surface area contributed by atoms with Crippen molar-refractivity contribution in [2.75, 3.05) is 0 Å². The lowest BCUT2D eigenvalue weighted by Crippen LogP contribution is -2.14. The minimum absolute atomic E-state index is 0.179. The van der Waals surface area contributed by atoms with Crippen LogP contribution in [0.1, 0.15) is 28.7 Å². The van der Waals surface area contributed by atoms with Crippen LogP contribution in [-0.4, -0.2) is 9.97 Å². The Kier molecular flexibility index (Phi) is 2.97. The fourth-order valence-corrected chi connectivity index (χ4v) is 1.68. The Balaban J connectivity index is 2.35. The molecule has 1 atom stereocenters. The summed E-state index contributed by atoms with van der Waals surface area (Å²) in [6.07, 6.45) is 1.74. The highest BCUT2D eigenvalue weighted by atomic mass is 14.9. The number of hydrogen-bond donors (Lipinski definition) is 1. The van der Waals surface area contributed by atoms with Gasteiger partial charge in [-0.3, -0.25) is 0 Å². The van der Waals surface area contributed by atoms with Crippen LogP contribution in [0, 0.1) is 13.8 Å². The standard InChI is InChI=1S/C13H15N3/c1-9-4-3-5-11(8-9)13(14)12-6-7-15-10(2)16-12/h3-8,13H,14H2,1-2H3. The molecule has 1 aromatic carbocycles. The zero-order valence-electron chi connectivity index (χ0n) is 9.51. The number of nitrogens with zero attached hydrogens (tertiary/aromatic N) is 2. The van der Waals surface area contributed by atoms with Crippen LogP contribution in [0.15, 0.2) is 36.5 Å². The van der Waals surface area contributed by atoms with E-state index < -0.39 is 0 Å². The summed E-state index contributed by atoms with van der Waals surface area (Å²) in [6, 6.07) is 9.86. The highest BCUT2D eigenvalue weighted by Crippen LogP contribution is 2.18. The minimum atomic E-state index is -0.179. The van der Waals surface area contributed by atoms with Gasteiger partial charge in [0.25, 0.3) is 0 Å². The number of nitrogens with two attached hydrogens (primary N) is 1. The van der Waals surface area contributed by atoms with Gasteiger partial charge in [-0.05, 0) is 25.5 Å². The summed E-state index contributed by atoms with van der Waals surface area (Å²) in [7, 11) is 0. The van der Waals surface area contributed by atoms with Crippen LogP contribution in [0.5, 0.6) is 0 Å². The number of aromatic nitrogens is 2. The molecule has 0 aliphatic rings. The molecule has 1 aromatic heterocycles. The Bertz CT molecular complexity index is 449. The van der Waals surface area contributed by atoms with E-state index in [0.717, 1.165) is 17.1 Å². The summed E-state index contributed by atoms with van der Waals surface area (Å²) in [5, 5.41) is 0. The lowest BCUT2D eigenvalue weighted by atomic mass is 10.0. The maximum Gasteiger partial charge on any atom is 0.125 e. The Labute approximate surface area is 95.4 Å². The fraction of sp³-hybridized carbons (Fsp3) is 0.231. The molecule has 1 heterocycles. The minimum Gasteiger partial charge on any atom is -0.319 e. The maximum atomic E-state index is 6.16. The quantitative estimate of drug-likeness (QED) is 0.831. The molecule has 82 valence electrons. The van der Waals surface area contributed by atoms with Gasteiger partial charge in [-0.2, -0.15) is 0 Å². The molecular formula is C13H15N3. The van der Waals surface area contributed by atoms with Crippen LogP contribution in [0.4, 0.5) is 0 Å². The first kappa shape index (κ1) is 10.8. The van der Waals surface area contributed by atoms with Crippen molar-refractivity contribution in [3.63, 3.8) is 0 Å². The van der Waals surface area contributed by atoms with Crippen LogP contribution >= 0.6 is 0 Å². The molecule has 0 spiro atoms. The van der Waals surface area contributed by atoms with Crippen LogP contribution < -0.4 is 5.73 Å². The zero-order valence-corrected chi connectivity index (χ0v) is 9.51. The van der Waals surface area contributed by atoms with Crippen LogP contribution in [0.2, 0.25) is 0 Å². The number of aryl methyl sites for hydroxylation is 2. The van der Waals surface area contributed by atoms with E-state index >= 15 is 0 Å². The van der Waals surface area contributed by atoms with E-state index in [9.17, 15) is 0 Å². The highest BCUT2D eigenvalue weighted by Gasteiger charge is 2.10. The molecule has 16 heavy (non-hydrogen) atoms. The first-order valence-electron chi connectivity index (χ1n) is 5.28. The number of rotatable bonds is 2. The molecule has 2 rings (SSSR count). The van der Waals surface area contributed by atoms with Gasteiger partial charge in [-0.25, -0.2) is 9.97 Å². The summed E-state index contributed by atoms with van der Waals surface area (Å²) in [5.41, 5.74) is 9.31. The van der Waals surface area contributed by atoms with E-state index in [1.807, 2.05) is 25.1 Å². The summed E-state index contributed by atoms with van der Waals surface area (Å²) in [4.78, 5) is 8.41. The Morgan fingerprint density at radius 1 is 1.19 bits per heavy atom. The summed E-state index contributed by atoms with van der Waals surface area (Å²) in [5.74, 6) is 0.751. The maximum absolute atomic E-state index is 6.16. The predicted molar refractivity (Wildman–Crippen MR) is 64.0 cm³/mol. The topological polar surface area (TPSA) is 51.8 Å². The third kappa shape index (κ3) is 2.25. The van der Waals surface area contributed by atoms with E-state index in [4.69, 9.17) is 5.73 Å². The van der Waals surface area contributed by atoms with Gasteiger partial charge in [-0.15, -0.1) is 0 Å². The SMILES string of the molecule is Cc1cccc(C(N)c2ccnc(C)n2)c1. The van der Waals surface area contributed by atoms with Gasteiger partial charge in [0.15, 0.2) is 0 Å². The second-order valence-electron chi connectivity index (χ2n) is 3.92. The van der Waals surface area contributed by atoms with E-state index in [0.29, 0.717) is 0 Å². The van der Waals surface area contributed by atoms with Crippen LogP contribution in [0.3, 0.4) is 0 Å². The molecule has 3 heteroatoms. The molecular weight excluding hydrogens is 198 g/mol. The second-order valence-corrected chi connectivity index (χ2v) is 3.92. The zero-order chi connectivity index (χ0) is 11.5. The van der Waals surface area contributed by atoms with Gasteiger partial charge in [0.2, 0.25) is 0 Å². The van der Waals surface area contributed by atoms with Crippen molar-refractivity contribution in [3.05, 3.63) is 59.2 Å². The average molecular weight is 213 g/mol. The molecule has 0 amide bonds. The molecule has 2 aromatic rings. The van der Waals surface area contributed by atoms with Gasteiger partial charge < -0.3 is 5.73 Å². The van der Waals surface area contributed by atoms with E-state index in [-0.39, 0.29) is 6.04 Å². The Morgan fingerprint density at radius 2 is 2.00 bits per heavy atom. The Morgan fingerprint density at radius 3 is 2.69 bits per heavy atom. The molecule has 0 fully saturated rings. The molecule has 0 bridgehead atoms. The lowest BCUT2D eigenvalue weighted by molar-refractivity contribution is 0.806. The first-order chi connectivity index (χ1) is 7.66. The predicted octanol–water partition coefficient (Wildman–Crippen LogP) is 2.14. The van der Waals surface area contributed by atoms with Crippen molar-refractivity contribution < 1.29 is 0 Å². The summed E-state index contributed by atoms with van der Waals surface area (Å²) < 4.78 is 0. The third-order valence-corrected chi connectivity index (χ3v) is 2.52. The van der Waals surface area contributed by atoms with Gasteiger partial charge in [0, 0.05) is 6.20 Å². The van der Waals surface area contributed by atoms with Crippen molar-refractivity contribution in [2.24, 2.45) is 5.73 Å². The van der Waals surface area contributed by atoms with Gasteiger partial charge in [0.1, 0.15) is 5.82 Å².